The highest BCUT2D eigenvalue weighted by Gasteiger charge is 2.27. The van der Waals surface area contributed by atoms with E-state index in [9.17, 15) is 4.79 Å². The first kappa shape index (κ1) is 21.0. The lowest BCUT2D eigenvalue weighted by atomic mass is 10.0. The topological polar surface area (TPSA) is 66.1 Å². The van der Waals surface area contributed by atoms with Crippen LogP contribution in [0.1, 0.15) is 17.2 Å². The molecule has 0 fully saturated rings. The summed E-state index contributed by atoms with van der Waals surface area (Å²) >= 11 is 0. The third-order valence-corrected chi connectivity index (χ3v) is 6.18. The van der Waals surface area contributed by atoms with Gasteiger partial charge < -0.3 is 29.9 Å². The number of benzene rings is 3. The van der Waals surface area contributed by atoms with Crippen LogP contribution in [0.3, 0.4) is 0 Å². The maximum atomic E-state index is 12.7. The monoisotopic (exact) mass is 444 g/mol. The van der Waals surface area contributed by atoms with Gasteiger partial charge in [-0.1, -0.05) is 30.3 Å². The van der Waals surface area contributed by atoms with Crippen molar-refractivity contribution < 1.29 is 14.3 Å². The second-order valence-corrected chi connectivity index (χ2v) is 8.48. The van der Waals surface area contributed by atoms with Crippen LogP contribution in [0.5, 0.6) is 11.5 Å². The van der Waals surface area contributed by atoms with Crippen molar-refractivity contribution in [3.05, 3.63) is 77.9 Å². The van der Waals surface area contributed by atoms with Gasteiger partial charge in [0.15, 0.2) is 11.5 Å². The number of nitrogens with one attached hydrogen (secondary N) is 2. The molecule has 5 rings (SSSR count). The second kappa shape index (κ2) is 8.94. The van der Waals surface area contributed by atoms with Gasteiger partial charge in [-0.05, 0) is 47.9 Å². The van der Waals surface area contributed by atoms with Gasteiger partial charge in [0.05, 0.1) is 6.04 Å². The van der Waals surface area contributed by atoms with E-state index in [-0.39, 0.29) is 18.9 Å². The lowest BCUT2D eigenvalue weighted by Gasteiger charge is -2.31. The Kier molecular flexibility index (Phi) is 5.69. The molecule has 170 valence electrons. The van der Waals surface area contributed by atoms with Crippen LogP contribution in [-0.4, -0.2) is 40.0 Å². The van der Waals surface area contributed by atoms with Gasteiger partial charge in [-0.15, -0.1) is 0 Å². The van der Waals surface area contributed by atoms with E-state index in [1.54, 1.807) is 18.2 Å². The number of urea groups is 1. The van der Waals surface area contributed by atoms with E-state index >= 15 is 0 Å². The summed E-state index contributed by atoms with van der Waals surface area (Å²) < 4.78 is 10.7. The minimum atomic E-state index is -0.253. The van der Waals surface area contributed by atoms with Crippen molar-refractivity contribution in [2.75, 3.05) is 49.1 Å². The van der Waals surface area contributed by atoms with Crippen molar-refractivity contribution in [1.82, 2.24) is 5.32 Å². The second-order valence-electron chi connectivity index (χ2n) is 8.48. The zero-order valence-electron chi connectivity index (χ0n) is 18.9. The zero-order valence-corrected chi connectivity index (χ0v) is 18.9. The highest BCUT2D eigenvalue weighted by Crippen LogP contribution is 2.36. The van der Waals surface area contributed by atoms with E-state index in [0.29, 0.717) is 23.7 Å². The number of hydrogen-bond acceptors (Lipinski definition) is 5. The Bertz CT molecular complexity index is 1150. The molecule has 0 bridgehead atoms. The minimum absolute atomic E-state index is 0.0207. The average Bonchev–Trinajstić information content (AvgIpc) is 3.46. The number of ether oxygens (including phenoxy) is 2. The molecular formula is C26H28N4O3. The van der Waals surface area contributed by atoms with Crippen LogP contribution in [0.15, 0.2) is 66.7 Å². The Morgan fingerprint density at radius 2 is 1.82 bits per heavy atom. The molecule has 0 aliphatic carbocycles. The van der Waals surface area contributed by atoms with Gasteiger partial charge in [0.1, 0.15) is 0 Å². The lowest BCUT2D eigenvalue weighted by molar-refractivity contribution is 0.174. The molecule has 2 N–H and O–H groups in total. The van der Waals surface area contributed by atoms with Crippen molar-refractivity contribution in [2.45, 2.75) is 12.5 Å². The minimum Gasteiger partial charge on any atom is -0.454 e. The number of nitrogens with zero attached hydrogens (tertiary/aromatic N) is 2. The van der Waals surface area contributed by atoms with Crippen LogP contribution in [-0.2, 0) is 6.42 Å². The molecule has 7 nitrogen and oxygen atoms in total. The molecule has 0 saturated heterocycles. The number of anilines is 3. The molecule has 1 atom stereocenters. The SMILES string of the molecule is CN(C)c1ccc([C@H](CNC(=O)Nc2ccc3c(c2)OCO3)N2CCc3ccccc32)cc1. The number of carbonyl (C=O) groups excluding carboxylic acids is 1. The smallest absolute Gasteiger partial charge is 0.319 e. The maximum Gasteiger partial charge on any atom is 0.319 e. The number of para-hydroxylation sites is 1. The fourth-order valence-electron chi connectivity index (χ4n) is 4.43. The molecule has 0 radical (unpaired) electrons. The molecule has 2 aliphatic rings. The molecule has 0 saturated carbocycles. The van der Waals surface area contributed by atoms with Gasteiger partial charge in [-0.3, -0.25) is 0 Å². The van der Waals surface area contributed by atoms with Crippen molar-refractivity contribution in [1.29, 1.82) is 0 Å². The Balaban J connectivity index is 1.33. The Labute approximate surface area is 193 Å². The fraction of sp³-hybridized carbons (Fsp3) is 0.269. The first-order valence-corrected chi connectivity index (χ1v) is 11.1. The van der Waals surface area contributed by atoms with Crippen molar-refractivity contribution in [3.8, 4) is 11.5 Å². The third kappa shape index (κ3) is 4.39. The van der Waals surface area contributed by atoms with Crippen molar-refractivity contribution in [3.63, 3.8) is 0 Å². The van der Waals surface area contributed by atoms with E-state index in [1.165, 1.54) is 16.8 Å². The lowest BCUT2D eigenvalue weighted by Crippen LogP contribution is -2.39. The third-order valence-electron chi connectivity index (χ3n) is 6.18. The van der Waals surface area contributed by atoms with Crippen LogP contribution in [0.2, 0.25) is 0 Å². The molecule has 3 aromatic rings. The average molecular weight is 445 g/mol. The predicted octanol–water partition coefficient (Wildman–Crippen LogP) is 4.41. The summed E-state index contributed by atoms with van der Waals surface area (Å²) in [5.41, 5.74) is 5.55. The van der Waals surface area contributed by atoms with Crippen LogP contribution in [0.4, 0.5) is 21.9 Å². The first-order valence-electron chi connectivity index (χ1n) is 11.1. The van der Waals surface area contributed by atoms with Gasteiger partial charge in [0.2, 0.25) is 6.79 Å². The quantitative estimate of drug-likeness (QED) is 0.590. The highest BCUT2D eigenvalue weighted by atomic mass is 16.7. The molecule has 2 heterocycles. The van der Waals surface area contributed by atoms with Crippen LogP contribution >= 0.6 is 0 Å². The van der Waals surface area contributed by atoms with E-state index in [0.717, 1.165) is 18.7 Å². The highest BCUT2D eigenvalue weighted by molar-refractivity contribution is 5.89. The molecular weight excluding hydrogens is 416 g/mol. The largest absolute Gasteiger partial charge is 0.454 e. The molecule has 2 aliphatic heterocycles. The molecule has 0 aromatic heterocycles. The normalized spacial score (nSPS) is 14.5. The molecule has 0 unspecified atom stereocenters. The molecule has 33 heavy (non-hydrogen) atoms. The van der Waals surface area contributed by atoms with E-state index in [4.69, 9.17) is 9.47 Å². The van der Waals surface area contributed by atoms with E-state index < -0.39 is 0 Å². The summed E-state index contributed by atoms with van der Waals surface area (Å²) in [4.78, 5) is 17.2. The Morgan fingerprint density at radius 3 is 2.64 bits per heavy atom. The van der Waals surface area contributed by atoms with Gasteiger partial charge in [-0.2, -0.15) is 0 Å². The van der Waals surface area contributed by atoms with Crippen molar-refractivity contribution in [2.24, 2.45) is 0 Å². The van der Waals surface area contributed by atoms with E-state index in [2.05, 4.69) is 69.0 Å². The number of amides is 2. The predicted molar refractivity (Wildman–Crippen MR) is 131 cm³/mol. The summed E-state index contributed by atoms with van der Waals surface area (Å²) in [6.45, 7) is 1.60. The van der Waals surface area contributed by atoms with Crippen LogP contribution in [0.25, 0.3) is 0 Å². The van der Waals surface area contributed by atoms with Crippen LogP contribution in [0, 0.1) is 0 Å². The molecule has 7 heteroatoms. The fourth-order valence-corrected chi connectivity index (χ4v) is 4.43. The summed E-state index contributed by atoms with van der Waals surface area (Å²) in [6.07, 6.45) is 1.01. The number of carbonyl (C=O) groups is 1. The van der Waals surface area contributed by atoms with Gasteiger partial charge in [-0.25, -0.2) is 4.79 Å². The first-order chi connectivity index (χ1) is 16.1. The standard InChI is InChI=1S/C26H28N4O3/c1-29(2)21-10-7-19(8-11-21)23(30-14-13-18-5-3-4-6-22(18)30)16-27-26(31)28-20-9-12-24-25(15-20)33-17-32-24/h3-12,15,23H,13-14,16-17H2,1-2H3,(H2,27,28,31)/t23-/m0/s1. The molecule has 0 spiro atoms. The maximum absolute atomic E-state index is 12.7. The van der Waals surface area contributed by atoms with Gasteiger partial charge in [0.25, 0.3) is 0 Å². The Morgan fingerprint density at radius 1 is 1.03 bits per heavy atom. The number of hydrogen-bond donors (Lipinski definition) is 2. The van der Waals surface area contributed by atoms with E-state index in [1.807, 2.05) is 14.1 Å². The number of fused-ring (bicyclic) bond motifs is 2. The molecule has 3 aromatic carbocycles. The van der Waals surface area contributed by atoms with Gasteiger partial charge >= 0.3 is 6.03 Å². The summed E-state index contributed by atoms with van der Waals surface area (Å²) in [7, 11) is 4.07. The Hall–Kier alpha value is -3.87. The summed E-state index contributed by atoms with van der Waals surface area (Å²) in [6, 6.07) is 22.2. The summed E-state index contributed by atoms with van der Waals surface area (Å²) in [5, 5.41) is 5.97. The summed E-state index contributed by atoms with van der Waals surface area (Å²) in [5.74, 6) is 1.33. The number of rotatable bonds is 6. The van der Waals surface area contributed by atoms with Crippen molar-refractivity contribution >= 4 is 23.1 Å². The van der Waals surface area contributed by atoms with Crippen LogP contribution < -0.4 is 29.9 Å². The van der Waals surface area contributed by atoms with Gasteiger partial charge in [0, 0.05) is 50.3 Å². The zero-order chi connectivity index (χ0) is 22.8. The molecule has 2 amide bonds.